The molecule has 0 amide bonds. The zero-order valence-electron chi connectivity index (χ0n) is 16.7. The Morgan fingerprint density at radius 1 is 1.25 bits per heavy atom. The molecule has 7 heteroatoms. The average molecular weight is 498 g/mol. The lowest BCUT2D eigenvalue weighted by molar-refractivity contribution is -0.0816. The largest absolute Gasteiger partial charge is 0.375 e. The van der Waals surface area contributed by atoms with Gasteiger partial charge in [0.2, 0.25) is 0 Å². The number of nitrogens with one attached hydrogen (secondary N) is 2. The van der Waals surface area contributed by atoms with Gasteiger partial charge in [0.05, 0.1) is 12.7 Å². The molecule has 2 unspecified atom stereocenters. The van der Waals surface area contributed by atoms with Crippen LogP contribution in [0.2, 0.25) is 0 Å². The zero-order valence-corrected chi connectivity index (χ0v) is 19.1. The van der Waals surface area contributed by atoms with Crippen LogP contribution in [0.15, 0.2) is 29.3 Å². The number of benzene rings is 1. The Morgan fingerprint density at radius 2 is 2.07 bits per heavy atom. The Hall–Kier alpha value is -1.32. The van der Waals surface area contributed by atoms with Gasteiger partial charge >= 0.3 is 0 Å². The van der Waals surface area contributed by atoms with E-state index in [4.69, 9.17) is 9.47 Å². The molecule has 28 heavy (non-hydrogen) atoms. The highest BCUT2D eigenvalue weighted by molar-refractivity contribution is 14.0. The second-order valence-electron chi connectivity index (χ2n) is 7.40. The highest BCUT2D eigenvalue weighted by Gasteiger charge is 2.32. The molecule has 4 rings (SSSR count). The van der Waals surface area contributed by atoms with Crippen molar-refractivity contribution in [2.45, 2.75) is 38.4 Å². The van der Waals surface area contributed by atoms with Crippen LogP contribution in [-0.4, -0.2) is 67.9 Å². The van der Waals surface area contributed by atoms with Gasteiger partial charge in [-0.15, -0.1) is 24.0 Å². The number of hydrogen-bond acceptors (Lipinski definition) is 3. The van der Waals surface area contributed by atoms with E-state index in [1.54, 1.807) is 0 Å². The van der Waals surface area contributed by atoms with Crippen molar-refractivity contribution in [1.82, 2.24) is 15.2 Å². The van der Waals surface area contributed by atoms with Crippen LogP contribution in [0.4, 0.5) is 0 Å². The number of ether oxygens (including phenoxy) is 2. The molecule has 1 aromatic carbocycles. The zero-order chi connectivity index (χ0) is 18.6. The quantitative estimate of drug-likeness (QED) is 0.387. The molecular weight excluding hydrogens is 467 g/mol. The lowest BCUT2D eigenvalue weighted by Gasteiger charge is -2.37. The number of aliphatic imine (C=N–C) groups is 1. The summed E-state index contributed by atoms with van der Waals surface area (Å²) in [5, 5.41) is 4.86. The summed E-state index contributed by atoms with van der Waals surface area (Å²) in [6.45, 7) is 6.31. The van der Waals surface area contributed by atoms with Crippen molar-refractivity contribution in [1.29, 1.82) is 0 Å². The first-order valence-electron chi connectivity index (χ1n) is 10.0. The Labute approximate surface area is 184 Å². The Kier molecular flexibility index (Phi) is 7.59. The van der Waals surface area contributed by atoms with E-state index in [2.05, 4.69) is 51.4 Å². The van der Waals surface area contributed by atoms with E-state index >= 15 is 0 Å². The number of aromatic nitrogens is 1. The van der Waals surface area contributed by atoms with Crippen molar-refractivity contribution >= 4 is 40.8 Å². The van der Waals surface area contributed by atoms with Crippen molar-refractivity contribution < 1.29 is 9.47 Å². The second kappa shape index (κ2) is 9.93. The maximum Gasteiger partial charge on any atom is 0.193 e. The molecule has 2 aliphatic rings. The van der Waals surface area contributed by atoms with Crippen LogP contribution in [0.3, 0.4) is 0 Å². The lowest BCUT2D eigenvalue weighted by atomic mass is 10.1. The minimum atomic E-state index is 0. The average Bonchev–Trinajstić information content (AvgIpc) is 3.33. The summed E-state index contributed by atoms with van der Waals surface area (Å²) in [6.07, 6.45) is 3.59. The molecular formula is C21H31IN4O2. The smallest absolute Gasteiger partial charge is 0.193 e. The highest BCUT2D eigenvalue weighted by Crippen LogP contribution is 2.23. The van der Waals surface area contributed by atoms with Crippen LogP contribution in [0.1, 0.15) is 24.1 Å². The number of rotatable bonds is 4. The van der Waals surface area contributed by atoms with E-state index < -0.39 is 0 Å². The predicted molar refractivity (Wildman–Crippen MR) is 124 cm³/mol. The fourth-order valence-corrected chi connectivity index (χ4v) is 4.28. The standard InChI is InChI=1S/C21H30N4O2.HI/c1-15-16(17-6-3-4-7-18(17)24-15)9-10-23-21(22-2)25-11-13-27-20(14-25)19-8-5-12-26-19;/h3-4,6-7,19-20,24H,5,8-14H2,1-2H3,(H,22,23);1H. The van der Waals surface area contributed by atoms with Gasteiger partial charge in [-0.1, -0.05) is 18.2 Å². The molecule has 2 aliphatic heterocycles. The van der Waals surface area contributed by atoms with Gasteiger partial charge in [-0.3, -0.25) is 4.99 Å². The summed E-state index contributed by atoms with van der Waals surface area (Å²) >= 11 is 0. The number of H-pyrrole nitrogens is 1. The number of hydrogen-bond donors (Lipinski definition) is 2. The topological polar surface area (TPSA) is 61.9 Å². The van der Waals surface area contributed by atoms with Gasteiger partial charge in [-0.25, -0.2) is 0 Å². The fourth-order valence-electron chi connectivity index (χ4n) is 4.28. The minimum absolute atomic E-state index is 0. The summed E-state index contributed by atoms with van der Waals surface area (Å²) < 4.78 is 11.8. The predicted octanol–water partition coefficient (Wildman–Crippen LogP) is 3.09. The molecule has 6 nitrogen and oxygen atoms in total. The van der Waals surface area contributed by atoms with Crippen LogP contribution >= 0.6 is 24.0 Å². The monoisotopic (exact) mass is 498 g/mol. The molecule has 2 atom stereocenters. The number of halogens is 1. The number of fused-ring (bicyclic) bond motifs is 1. The van der Waals surface area contributed by atoms with Crippen LogP contribution in [0.25, 0.3) is 10.9 Å². The molecule has 0 bridgehead atoms. The fraction of sp³-hybridized carbons (Fsp3) is 0.571. The van der Waals surface area contributed by atoms with E-state index in [1.165, 1.54) is 22.2 Å². The van der Waals surface area contributed by atoms with E-state index in [9.17, 15) is 0 Å². The number of para-hydroxylation sites is 1. The molecule has 2 aromatic rings. The van der Waals surface area contributed by atoms with Gasteiger partial charge in [-0.05, 0) is 37.8 Å². The number of nitrogens with zero attached hydrogens (tertiary/aromatic N) is 2. The third-order valence-corrected chi connectivity index (χ3v) is 5.67. The third-order valence-electron chi connectivity index (χ3n) is 5.67. The van der Waals surface area contributed by atoms with Gasteiger partial charge < -0.3 is 24.7 Å². The molecule has 0 aliphatic carbocycles. The van der Waals surface area contributed by atoms with Crippen molar-refractivity contribution in [2.24, 2.45) is 4.99 Å². The van der Waals surface area contributed by atoms with E-state index in [0.717, 1.165) is 58.1 Å². The van der Waals surface area contributed by atoms with Gasteiger partial charge in [0, 0.05) is 49.9 Å². The molecule has 2 saturated heterocycles. The first kappa shape index (κ1) is 21.4. The molecule has 0 spiro atoms. The van der Waals surface area contributed by atoms with Gasteiger partial charge in [0.25, 0.3) is 0 Å². The number of aromatic amines is 1. The number of morpholine rings is 1. The summed E-state index contributed by atoms with van der Waals surface area (Å²) in [6, 6.07) is 8.50. The minimum Gasteiger partial charge on any atom is -0.375 e. The Balaban J connectivity index is 0.00000225. The summed E-state index contributed by atoms with van der Waals surface area (Å²) in [7, 11) is 1.86. The highest BCUT2D eigenvalue weighted by atomic mass is 127. The van der Waals surface area contributed by atoms with Gasteiger partial charge in [-0.2, -0.15) is 0 Å². The maximum atomic E-state index is 5.96. The van der Waals surface area contributed by atoms with Crippen molar-refractivity contribution in [2.75, 3.05) is 39.9 Å². The summed E-state index contributed by atoms with van der Waals surface area (Å²) in [5.74, 6) is 0.957. The van der Waals surface area contributed by atoms with Gasteiger partial charge in [0.15, 0.2) is 5.96 Å². The first-order chi connectivity index (χ1) is 13.3. The van der Waals surface area contributed by atoms with Crippen LogP contribution < -0.4 is 5.32 Å². The molecule has 154 valence electrons. The van der Waals surface area contributed by atoms with Crippen molar-refractivity contribution in [3.05, 3.63) is 35.5 Å². The Bertz CT molecular complexity index is 801. The molecule has 0 saturated carbocycles. The summed E-state index contributed by atoms with van der Waals surface area (Å²) in [5.41, 5.74) is 3.84. The SMILES string of the molecule is CN=C(NCCc1c(C)[nH]c2ccccc12)N1CCOC(C2CCCO2)C1.I. The summed E-state index contributed by atoms with van der Waals surface area (Å²) in [4.78, 5) is 10.3. The normalized spacial score (nSPS) is 23.1. The molecule has 3 heterocycles. The number of aryl methyl sites for hydroxylation is 1. The van der Waals surface area contributed by atoms with Crippen LogP contribution in [-0.2, 0) is 15.9 Å². The molecule has 2 N–H and O–H groups in total. The Morgan fingerprint density at radius 3 is 2.86 bits per heavy atom. The lowest BCUT2D eigenvalue weighted by Crippen LogP contribution is -2.53. The number of guanidine groups is 1. The first-order valence-corrected chi connectivity index (χ1v) is 10.0. The van der Waals surface area contributed by atoms with E-state index in [1.807, 2.05) is 7.05 Å². The molecule has 0 radical (unpaired) electrons. The van der Waals surface area contributed by atoms with Crippen molar-refractivity contribution in [3.63, 3.8) is 0 Å². The molecule has 1 aromatic heterocycles. The maximum absolute atomic E-state index is 5.96. The van der Waals surface area contributed by atoms with Crippen molar-refractivity contribution in [3.8, 4) is 0 Å². The third kappa shape index (κ3) is 4.63. The van der Waals surface area contributed by atoms with Gasteiger partial charge in [0.1, 0.15) is 6.10 Å². The van der Waals surface area contributed by atoms with E-state index in [-0.39, 0.29) is 36.2 Å². The second-order valence-corrected chi connectivity index (χ2v) is 7.40. The van der Waals surface area contributed by atoms with Crippen LogP contribution in [0.5, 0.6) is 0 Å². The van der Waals surface area contributed by atoms with E-state index in [0.29, 0.717) is 0 Å². The van der Waals surface area contributed by atoms with Crippen LogP contribution in [0, 0.1) is 6.92 Å². The molecule has 2 fully saturated rings.